The molecule has 1 aromatic carbocycles. The molecular weight excluding hydrogens is 351 g/mol. The standard InChI is InChI=1S/C15H12BrFN4O/c16-8-4-5-10(17)9(6-8)14-13-11(2-1-3-12(13)22)20-15-18-7-19-21(14)15/h4-7,14H,1-3H2,(H,18,19,20)/t14-/m0/s1. The summed E-state index contributed by atoms with van der Waals surface area (Å²) < 4.78 is 16.7. The Balaban J connectivity index is 1.97. The molecule has 2 aliphatic rings. The molecule has 5 nitrogen and oxygen atoms in total. The van der Waals surface area contributed by atoms with Crippen LogP contribution >= 0.6 is 15.9 Å². The van der Waals surface area contributed by atoms with Crippen molar-refractivity contribution in [2.75, 3.05) is 5.32 Å². The molecule has 22 heavy (non-hydrogen) atoms. The lowest BCUT2D eigenvalue weighted by molar-refractivity contribution is -0.116. The van der Waals surface area contributed by atoms with Gasteiger partial charge in [-0.1, -0.05) is 15.9 Å². The molecule has 0 spiro atoms. The molecule has 1 atom stereocenters. The number of nitrogens with one attached hydrogen (secondary N) is 1. The minimum atomic E-state index is -0.570. The van der Waals surface area contributed by atoms with Crippen molar-refractivity contribution in [2.45, 2.75) is 25.3 Å². The Bertz CT molecular complexity index is 814. The molecule has 0 radical (unpaired) electrons. The average Bonchev–Trinajstić information content (AvgIpc) is 2.96. The molecule has 1 aliphatic heterocycles. The SMILES string of the molecule is O=C1CCCC2=C1[C@H](c1cc(Br)ccc1F)n1ncnc1N2. The molecule has 4 rings (SSSR count). The summed E-state index contributed by atoms with van der Waals surface area (Å²) in [5.41, 5.74) is 1.85. The lowest BCUT2D eigenvalue weighted by atomic mass is 9.85. The number of aromatic nitrogens is 3. The van der Waals surface area contributed by atoms with Crippen molar-refractivity contribution in [3.05, 3.63) is 51.6 Å². The smallest absolute Gasteiger partial charge is 0.226 e. The van der Waals surface area contributed by atoms with Crippen molar-refractivity contribution in [3.8, 4) is 0 Å². The highest BCUT2D eigenvalue weighted by molar-refractivity contribution is 9.10. The van der Waals surface area contributed by atoms with Crippen molar-refractivity contribution >= 4 is 27.7 Å². The molecule has 0 unspecified atom stereocenters. The molecule has 1 aliphatic carbocycles. The molecule has 112 valence electrons. The van der Waals surface area contributed by atoms with Crippen molar-refractivity contribution in [2.24, 2.45) is 0 Å². The van der Waals surface area contributed by atoms with Gasteiger partial charge in [-0.2, -0.15) is 10.1 Å². The van der Waals surface area contributed by atoms with E-state index < -0.39 is 6.04 Å². The van der Waals surface area contributed by atoms with Crippen molar-refractivity contribution < 1.29 is 9.18 Å². The van der Waals surface area contributed by atoms with Gasteiger partial charge in [0.05, 0.1) is 0 Å². The van der Waals surface area contributed by atoms with Gasteiger partial charge in [-0.3, -0.25) is 4.79 Å². The second kappa shape index (κ2) is 5.01. The number of halogens is 2. The summed E-state index contributed by atoms with van der Waals surface area (Å²) in [4.78, 5) is 16.6. The van der Waals surface area contributed by atoms with Gasteiger partial charge < -0.3 is 5.32 Å². The maximum Gasteiger partial charge on any atom is 0.226 e. The molecule has 2 aromatic rings. The molecule has 7 heteroatoms. The molecule has 0 bridgehead atoms. The van der Waals surface area contributed by atoms with E-state index in [9.17, 15) is 9.18 Å². The maximum absolute atomic E-state index is 14.4. The largest absolute Gasteiger partial charge is 0.328 e. The molecule has 1 N–H and O–H groups in total. The number of carbonyl (C=O) groups is 1. The van der Waals surface area contributed by atoms with Crippen LogP contribution in [0.5, 0.6) is 0 Å². The van der Waals surface area contributed by atoms with Crippen molar-refractivity contribution in [1.82, 2.24) is 14.8 Å². The zero-order valence-electron chi connectivity index (χ0n) is 11.5. The van der Waals surface area contributed by atoms with E-state index in [2.05, 4.69) is 31.3 Å². The van der Waals surface area contributed by atoms with Gasteiger partial charge in [-0.05, 0) is 31.0 Å². The van der Waals surface area contributed by atoms with Gasteiger partial charge >= 0.3 is 0 Å². The number of carbonyl (C=O) groups excluding carboxylic acids is 1. The fourth-order valence-corrected chi connectivity index (χ4v) is 3.49. The van der Waals surface area contributed by atoms with Crippen molar-refractivity contribution in [3.63, 3.8) is 0 Å². The van der Waals surface area contributed by atoms with Crippen LogP contribution in [0.3, 0.4) is 0 Å². The highest BCUT2D eigenvalue weighted by Crippen LogP contribution is 2.40. The monoisotopic (exact) mass is 362 g/mol. The van der Waals surface area contributed by atoms with Gasteiger partial charge in [0.1, 0.15) is 18.2 Å². The highest BCUT2D eigenvalue weighted by Gasteiger charge is 2.37. The summed E-state index contributed by atoms with van der Waals surface area (Å²) in [6.45, 7) is 0. The predicted molar refractivity (Wildman–Crippen MR) is 81.8 cm³/mol. The summed E-state index contributed by atoms with van der Waals surface area (Å²) in [7, 11) is 0. The van der Waals surface area contributed by atoms with E-state index in [-0.39, 0.29) is 11.6 Å². The van der Waals surface area contributed by atoms with E-state index in [1.807, 2.05) is 0 Å². The molecule has 0 amide bonds. The number of benzene rings is 1. The van der Waals surface area contributed by atoms with E-state index in [0.717, 1.165) is 23.0 Å². The highest BCUT2D eigenvalue weighted by atomic mass is 79.9. The van der Waals surface area contributed by atoms with Gasteiger partial charge in [-0.25, -0.2) is 9.07 Å². The third-order valence-electron chi connectivity index (χ3n) is 4.06. The minimum absolute atomic E-state index is 0.0410. The van der Waals surface area contributed by atoms with Crippen LogP contribution in [0.15, 0.2) is 40.3 Å². The number of hydrogen-bond acceptors (Lipinski definition) is 4. The molecule has 2 heterocycles. The van der Waals surface area contributed by atoms with Gasteiger partial charge in [0, 0.05) is 27.7 Å². The summed E-state index contributed by atoms with van der Waals surface area (Å²) in [6, 6.07) is 4.16. The van der Waals surface area contributed by atoms with E-state index in [1.54, 1.807) is 16.8 Å². The van der Waals surface area contributed by atoms with Crippen LogP contribution in [0, 0.1) is 5.82 Å². The van der Waals surface area contributed by atoms with Gasteiger partial charge in [-0.15, -0.1) is 0 Å². The minimum Gasteiger partial charge on any atom is -0.328 e. The predicted octanol–water partition coefficient (Wildman–Crippen LogP) is 3.20. The van der Waals surface area contributed by atoms with Crippen LogP contribution in [0.2, 0.25) is 0 Å². The number of rotatable bonds is 1. The summed E-state index contributed by atoms with van der Waals surface area (Å²) >= 11 is 3.37. The average molecular weight is 363 g/mol. The zero-order chi connectivity index (χ0) is 15.3. The Morgan fingerprint density at radius 2 is 2.23 bits per heavy atom. The maximum atomic E-state index is 14.4. The third kappa shape index (κ3) is 1.99. The second-order valence-corrected chi connectivity index (χ2v) is 6.31. The van der Waals surface area contributed by atoms with Gasteiger partial charge in [0.25, 0.3) is 0 Å². The topological polar surface area (TPSA) is 59.8 Å². The molecule has 0 fully saturated rings. The van der Waals surface area contributed by atoms with Gasteiger partial charge in [0.15, 0.2) is 5.78 Å². The lowest BCUT2D eigenvalue weighted by Gasteiger charge is -2.32. The Morgan fingerprint density at radius 1 is 1.36 bits per heavy atom. The lowest BCUT2D eigenvalue weighted by Crippen LogP contribution is -2.32. The quantitative estimate of drug-likeness (QED) is 0.846. The summed E-state index contributed by atoms with van der Waals surface area (Å²) in [6.07, 6.45) is 3.46. The number of allylic oxidation sites excluding steroid dienone is 2. The molecule has 0 saturated heterocycles. The number of fused-ring (bicyclic) bond motifs is 1. The first-order valence-corrected chi connectivity index (χ1v) is 7.82. The van der Waals surface area contributed by atoms with Crippen LogP contribution in [0.1, 0.15) is 30.9 Å². The second-order valence-electron chi connectivity index (χ2n) is 5.39. The van der Waals surface area contributed by atoms with E-state index in [1.165, 1.54) is 12.4 Å². The molecular formula is C15H12BrFN4O. The van der Waals surface area contributed by atoms with Crippen LogP contribution in [0.4, 0.5) is 10.3 Å². The summed E-state index contributed by atoms with van der Waals surface area (Å²) in [5.74, 6) is 0.221. The number of ketones is 1. The number of anilines is 1. The molecule has 1 aromatic heterocycles. The Hall–Kier alpha value is -2.02. The van der Waals surface area contributed by atoms with E-state index in [0.29, 0.717) is 23.5 Å². The van der Waals surface area contributed by atoms with E-state index in [4.69, 9.17) is 0 Å². The number of hydrogen-bond donors (Lipinski definition) is 1. The Labute approximate surface area is 134 Å². The van der Waals surface area contributed by atoms with Crippen LogP contribution < -0.4 is 5.32 Å². The van der Waals surface area contributed by atoms with Crippen LogP contribution in [-0.2, 0) is 4.79 Å². The zero-order valence-corrected chi connectivity index (χ0v) is 13.1. The summed E-state index contributed by atoms with van der Waals surface area (Å²) in [5, 5.41) is 7.34. The first kappa shape index (κ1) is 13.6. The van der Waals surface area contributed by atoms with Crippen LogP contribution in [-0.4, -0.2) is 20.5 Å². The first-order chi connectivity index (χ1) is 10.6. The normalized spacial score (nSPS) is 20.5. The van der Waals surface area contributed by atoms with E-state index >= 15 is 0 Å². The Kier molecular flexibility index (Phi) is 3.11. The number of Topliss-reactive ketones (excluding diaryl/α,β-unsaturated/α-hetero) is 1. The van der Waals surface area contributed by atoms with Crippen LogP contribution in [0.25, 0.3) is 0 Å². The van der Waals surface area contributed by atoms with Gasteiger partial charge in [0.2, 0.25) is 5.95 Å². The fraction of sp³-hybridized carbons (Fsp3) is 0.267. The first-order valence-electron chi connectivity index (χ1n) is 7.03. The Morgan fingerprint density at radius 3 is 3.09 bits per heavy atom. The number of nitrogens with zero attached hydrogens (tertiary/aromatic N) is 3. The third-order valence-corrected chi connectivity index (χ3v) is 4.56. The van der Waals surface area contributed by atoms with Crippen molar-refractivity contribution in [1.29, 1.82) is 0 Å². The fourth-order valence-electron chi connectivity index (χ4n) is 3.11. The molecule has 0 saturated carbocycles.